The molecule has 1 aliphatic heterocycles. The number of nitrogens with one attached hydrogen (secondary N) is 1. The van der Waals surface area contributed by atoms with E-state index < -0.39 is 0 Å². The number of nitrogens with zero attached hydrogens (tertiary/aromatic N) is 3. The first-order valence-electron chi connectivity index (χ1n) is 4.08. The summed E-state index contributed by atoms with van der Waals surface area (Å²) in [4.78, 5) is 2.28. The normalized spacial score (nSPS) is 23.4. The third-order valence-electron chi connectivity index (χ3n) is 2.22. The van der Waals surface area contributed by atoms with Gasteiger partial charge in [-0.25, -0.2) is 0 Å². The fourth-order valence-corrected chi connectivity index (χ4v) is 2.07. The number of hydrogen-bond donors (Lipinski definition) is 1. The minimum absolute atomic E-state index is 0.619. The summed E-state index contributed by atoms with van der Waals surface area (Å²) in [7, 11) is 2.01. The molecule has 2 rings (SSSR count). The van der Waals surface area contributed by atoms with Gasteiger partial charge < -0.3 is 10.2 Å². The molecule has 0 bridgehead atoms. The Morgan fingerprint density at radius 1 is 1.75 bits per heavy atom. The van der Waals surface area contributed by atoms with E-state index in [0.717, 1.165) is 18.2 Å². The van der Waals surface area contributed by atoms with Crippen molar-refractivity contribution >= 4 is 16.5 Å². The third-order valence-corrected chi connectivity index (χ3v) is 2.97. The highest BCUT2D eigenvalue weighted by molar-refractivity contribution is 7.13. The van der Waals surface area contributed by atoms with E-state index >= 15 is 0 Å². The third kappa shape index (κ3) is 1.42. The number of anilines is 1. The molecule has 0 radical (unpaired) electrons. The maximum absolute atomic E-state index is 4.03. The lowest BCUT2D eigenvalue weighted by Crippen LogP contribution is -2.29. The molecule has 1 atom stereocenters. The van der Waals surface area contributed by atoms with E-state index in [1.54, 1.807) is 16.8 Å². The fourth-order valence-electron chi connectivity index (χ4n) is 1.47. The van der Waals surface area contributed by atoms with Crippen LogP contribution in [0.1, 0.15) is 6.42 Å². The quantitative estimate of drug-likeness (QED) is 0.719. The summed E-state index contributed by atoms with van der Waals surface area (Å²) in [5.74, 6) is 0. The van der Waals surface area contributed by atoms with Crippen LogP contribution in [-0.2, 0) is 0 Å². The van der Waals surface area contributed by atoms with Crippen LogP contribution in [0.3, 0.4) is 0 Å². The highest BCUT2D eigenvalue weighted by atomic mass is 32.1. The zero-order chi connectivity index (χ0) is 8.39. The lowest BCUT2D eigenvalue weighted by atomic mass is 10.3. The first kappa shape index (κ1) is 7.94. The highest BCUT2D eigenvalue weighted by Gasteiger charge is 2.22. The minimum atomic E-state index is 0.619. The predicted octanol–water partition coefficient (Wildman–Crippen LogP) is 0.336. The summed E-state index contributed by atoms with van der Waals surface area (Å²) >= 11 is 1.61. The summed E-state index contributed by atoms with van der Waals surface area (Å²) in [5.41, 5.74) is 1.78. The molecule has 1 unspecified atom stereocenters. The molecule has 0 aliphatic carbocycles. The Bertz CT molecular complexity index is 236. The molecule has 0 saturated carbocycles. The van der Waals surface area contributed by atoms with Crippen molar-refractivity contribution in [1.29, 1.82) is 0 Å². The van der Waals surface area contributed by atoms with Crippen molar-refractivity contribution in [2.45, 2.75) is 12.5 Å². The molecule has 2 heterocycles. The van der Waals surface area contributed by atoms with Crippen LogP contribution in [0.5, 0.6) is 0 Å². The second kappa shape index (κ2) is 3.37. The lowest BCUT2D eigenvalue weighted by molar-refractivity contribution is 0.616. The minimum Gasteiger partial charge on any atom is -0.345 e. The summed E-state index contributed by atoms with van der Waals surface area (Å²) in [6.07, 6.45) is 1.20. The molecule has 0 aromatic carbocycles. The maximum atomic E-state index is 4.03. The van der Waals surface area contributed by atoms with Gasteiger partial charge in [-0.15, -0.1) is 10.2 Å². The van der Waals surface area contributed by atoms with Crippen LogP contribution in [0, 0.1) is 0 Å². The first-order valence-corrected chi connectivity index (χ1v) is 4.96. The Balaban J connectivity index is 2.00. The maximum Gasteiger partial charge on any atom is 0.208 e. The van der Waals surface area contributed by atoms with Gasteiger partial charge in [-0.1, -0.05) is 11.3 Å². The largest absolute Gasteiger partial charge is 0.345 e. The zero-order valence-corrected chi connectivity index (χ0v) is 7.84. The van der Waals surface area contributed by atoms with E-state index in [1.807, 2.05) is 7.05 Å². The fraction of sp³-hybridized carbons (Fsp3) is 0.714. The van der Waals surface area contributed by atoms with Crippen LogP contribution in [0.25, 0.3) is 0 Å². The molecule has 0 amide bonds. The van der Waals surface area contributed by atoms with E-state index in [1.165, 1.54) is 6.42 Å². The van der Waals surface area contributed by atoms with Crippen LogP contribution in [0.15, 0.2) is 5.51 Å². The number of aromatic nitrogens is 2. The molecule has 1 fully saturated rings. The van der Waals surface area contributed by atoms with Gasteiger partial charge >= 0.3 is 0 Å². The average molecular weight is 184 g/mol. The van der Waals surface area contributed by atoms with Crippen LogP contribution >= 0.6 is 11.3 Å². The van der Waals surface area contributed by atoms with Crippen LogP contribution in [0.4, 0.5) is 5.13 Å². The molecule has 1 N–H and O–H groups in total. The van der Waals surface area contributed by atoms with E-state index in [2.05, 4.69) is 20.4 Å². The molecule has 0 spiro atoms. The van der Waals surface area contributed by atoms with E-state index in [-0.39, 0.29) is 0 Å². The van der Waals surface area contributed by atoms with E-state index in [4.69, 9.17) is 0 Å². The van der Waals surface area contributed by atoms with Crippen molar-refractivity contribution in [3.8, 4) is 0 Å². The molecule has 1 aromatic rings. The van der Waals surface area contributed by atoms with Gasteiger partial charge in [0.05, 0.1) is 0 Å². The van der Waals surface area contributed by atoms with Gasteiger partial charge in [0.1, 0.15) is 5.51 Å². The van der Waals surface area contributed by atoms with Crippen molar-refractivity contribution in [2.24, 2.45) is 0 Å². The molecular weight excluding hydrogens is 172 g/mol. The summed E-state index contributed by atoms with van der Waals surface area (Å²) in [5, 5.41) is 12.2. The molecule has 1 aromatic heterocycles. The Kier molecular flexibility index (Phi) is 2.23. The van der Waals surface area contributed by atoms with Crippen LogP contribution in [0.2, 0.25) is 0 Å². The standard InChI is InChI=1S/C7H12N4S/c1-8-6-2-3-11(4-6)7-10-9-5-12-7/h5-6,8H,2-4H2,1H3. The first-order chi connectivity index (χ1) is 5.90. The smallest absolute Gasteiger partial charge is 0.208 e. The van der Waals surface area contributed by atoms with Crippen LogP contribution < -0.4 is 10.2 Å². The lowest BCUT2D eigenvalue weighted by Gasteiger charge is -2.13. The second-order valence-electron chi connectivity index (χ2n) is 2.94. The average Bonchev–Trinajstić information content (AvgIpc) is 2.75. The van der Waals surface area contributed by atoms with Gasteiger partial charge in [-0.3, -0.25) is 0 Å². The second-order valence-corrected chi connectivity index (χ2v) is 3.75. The Labute approximate surface area is 75.6 Å². The molecule has 1 saturated heterocycles. The van der Waals surface area contributed by atoms with Crippen molar-refractivity contribution in [3.63, 3.8) is 0 Å². The SMILES string of the molecule is CNC1CCN(c2nncs2)C1. The van der Waals surface area contributed by atoms with Gasteiger partial charge in [0.2, 0.25) is 5.13 Å². The molecular formula is C7H12N4S. The summed E-state index contributed by atoms with van der Waals surface area (Å²) in [6, 6.07) is 0.619. The van der Waals surface area contributed by atoms with Crippen molar-refractivity contribution in [1.82, 2.24) is 15.5 Å². The van der Waals surface area contributed by atoms with Gasteiger partial charge in [0.25, 0.3) is 0 Å². The number of rotatable bonds is 2. The molecule has 66 valence electrons. The zero-order valence-electron chi connectivity index (χ0n) is 7.03. The summed E-state index contributed by atoms with van der Waals surface area (Å²) < 4.78 is 0. The van der Waals surface area contributed by atoms with Crippen molar-refractivity contribution < 1.29 is 0 Å². The number of likely N-dealkylation sites (N-methyl/N-ethyl adjacent to an activating group) is 1. The topological polar surface area (TPSA) is 41.0 Å². The monoisotopic (exact) mass is 184 g/mol. The van der Waals surface area contributed by atoms with E-state index in [9.17, 15) is 0 Å². The summed E-state index contributed by atoms with van der Waals surface area (Å²) in [6.45, 7) is 2.16. The molecule has 1 aliphatic rings. The predicted molar refractivity (Wildman–Crippen MR) is 49.6 cm³/mol. The van der Waals surface area contributed by atoms with E-state index in [0.29, 0.717) is 6.04 Å². The number of hydrogen-bond acceptors (Lipinski definition) is 5. The van der Waals surface area contributed by atoms with Gasteiger partial charge in [-0.2, -0.15) is 0 Å². The highest BCUT2D eigenvalue weighted by Crippen LogP contribution is 2.20. The Morgan fingerprint density at radius 3 is 3.25 bits per heavy atom. The Hall–Kier alpha value is -0.680. The molecule has 12 heavy (non-hydrogen) atoms. The van der Waals surface area contributed by atoms with Crippen molar-refractivity contribution in [2.75, 3.05) is 25.0 Å². The molecule has 5 heteroatoms. The van der Waals surface area contributed by atoms with Gasteiger partial charge in [0, 0.05) is 19.1 Å². The molecule has 4 nitrogen and oxygen atoms in total. The van der Waals surface area contributed by atoms with Gasteiger partial charge in [0.15, 0.2) is 0 Å². The van der Waals surface area contributed by atoms with Gasteiger partial charge in [-0.05, 0) is 13.5 Å². The Morgan fingerprint density at radius 2 is 2.67 bits per heavy atom. The van der Waals surface area contributed by atoms with Crippen molar-refractivity contribution in [3.05, 3.63) is 5.51 Å². The van der Waals surface area contributed by atoms with Crippen LogP contribution in [-0.4, -0.2) is 36.4 Å².